The summed E-state index contributed by atoms with van der Waals surface area (Å²) in [4.78, 5) is 28.0. The van der Waals surface area contributed by atoms with Gasteiger partial charge < -0.3 is 15.1 Å². The summed E-state index contributed by atoms with van der Waals surface area (Å²) >= 11 is 1.67. The molecule has 2 rings (SSSR count). The van der Waals surface area contributed by atoms with Crippen LogP contribution in [0.5, 0.6) is 0 Å². The van der Waals surface area contributed by atoms with Crippen molar-refractivity contribution in [2.45, 2.75) is 32.4 Å². The number of hydrogen-bond acceptors (Lipinski definition) is 4. The lowest BCUT2D eigenvalue weighted by molar-refractivity contribution is -0.145. The van der Waals surface area contributed by atoms with Crippen LogP contribution in [0.15, 0.2) is 0 Å². The van der Waals surface area contributed by atoms with Gasteiger partial charge in [-0.1, -0.05) is 6.92 Å². The van der Waals surface area contributed by atoms with E-state index in [1.54, 1.807) is 16.7 Å². The van der Waals surface area contributed by atoms with Crippen molar-refractivity contribution in [1.82, 2.24) is 15.1 Å². The number of rotatable bonds is 2. The highest BCUT2D eigenvalue weighted by atomic mass is 35.5. The second kappa shape index (κ2) is 7.36. The van der Waals surface area contributed by atoms with Gasteiger partial charge in [-0.25, -0.2) is 0 Å². The Morgan fingerprint density at radius 1 is 1.37 bits per heavy atom. The van der Waals surface area contributed by atoms with E-state index in [2.05, 4.69) is 12.2 Å². The molecule has 0 radical (unpaired) electrons. The Labute approximate surface area is 124 Å². The zero-order valence-electron chi connectivity index (χ0n) is 11.4. The van der Waals surface area contributed by atoms with Crippen molar-refractivity contribution in [2.24, 2.45) is 0 Å². The minimum Gasteiger partial charge on any atom is -0.336 e. The molecule has 2 aliphatic rings. The highest BCUT2D eigenvalue weighted by Gasteiger charge is 2.38. The summed E-state index contributed by atoms with van der Waals surface area (Å²) in [5, 5.41) is 3.28. The molecule has 2 fully saturated rings. The van der Waals surface area contributed by atoms with Crippen molar-refractivity contribution in [2.75, 3.05) is 31.3 Å². The van der Waals surface area contributed by atoms with Gasteiger partial charge in [-0.05, 0) is 6.92 Å². The van der Waals surface area contributed by atoms with Crippen LogP contribution in [-0.4, -0.2) is 65.0 Å². The number of carbonyl (C=O) groups is 2. The molecule has 2 aliphatic heterocycles. The van der Waals surface area contributed by atoms with Gasteiger partial charge in [0.2, 0.25) is 11.8 Å². The second-order valence-corrected chi connectivity index (χ2v) is 5.82. The highest BCUT2D eigenvalue weighted by molar-refractivity contribution is 7.99. The normalized spacial score (nSPS) is 27.1. The molecule has 2 atom stereocenters. The van der Waals surface area contributed by atoms with Crippen LogP contribution >= 0.6 is 24.2 Å². The fraction of sp³-hybridized carbons (Fsp3) is 0.833. The molecule has 0 aromatic heterocycles. The predicted molar refractivity (Wildman–Crippen MR) is 79.5 cm³/mol. The molecule has 0 aliphatic carbocycles. The van der Waals surface area contributed by atoms with Crippen LogP contribution in [0, 0.1) is 0 Å². The Hall–Kier alpha value is -0.460. The molecule has 2 saturated heterocycles. The van der Waals surface area contributed by atoms with E-state index < -0.39 is 0 Å². The van der Waals surface area contributed by atoms with E-state index in [9.17, 15) is 9.59 Å². The average molecular weight is 308 g/mol. The van der Waals surface area contributed by atoms with Crippen LogP contribution < -0.4 is 5.32 Å². The van der Waals surface area contributed by atoms with Gasteiger partial charge in [-0.2, -0.15) is 0 Å². The molecule has 0 saturated carbocycles. The van der Waals surface area contributed by atoms with Gasteiger partial charge in [0.05, 0.1) is 5.88 Å². The second-order valence-electron chi connectivity index (χ2n) is 4.82. The van der Waals surface area contributed by atoms with Crippen LogP contribution in [0.25, 0.3) is 0 Å². The van der Waals surface area contributed by atoms with E-state index in [-0.39, 0.29) is 36.3 Å². The van der Waals surface area contributed by atoms with Crippen molar-refractivity contribution >= 4 is 36.0 Å². The smallest absolute Gasteiger partial charge is 0.246 e. The highest BCUT2D eigenvalue weighted by Crippen LogP contribution is 2.24. The lowest BCUT2D eigenvalue weighted by atomic mass is 10.1. The molecule has 2 unspecified atom stereocenters. The van der Waals surface area contributed by atoms with Crippen LogP contribution in [-0.2, 0) is 9.59 Å². The first-order valence-electron chi connectivity index (χ1n) is 6.53. The van der Waals surface area contributed by atoms with Crippen LogP contribution in [0.3, 0.4) is 0 Å². The molecule has 0 aromatic rings. The Morgan fingerprint density at radius 3 is 2.74 bits per heavy atom. The third-order valence-electron chi connectivity index (χ3n) is 3.57. The third-order valence-corrected chi connectivity index (χ3v) is 4.59. The summed E-state index contributed by atoms with van der Waals surface area (Å²) in [5.74, 6) is 1.60. The summed E-state index contributed by atoms with van der Waals surface area (Å²) in [7, 11) is 0. The molecule has 5 nitrogen and oxygen atoms in total. The Balaban J connectivity index is 0.00000180. The Morgan fingerprint density at radius 2 is 2.11 bits per heavy atom. The third kappa shape index (κ3) is 3.55. The van der Waals surface area contributed by atoms with Gasteiger partial charge in [0.15, 0.2) is 0 Å². The van der Waals surface area contributed by atoms with Crippen LogP contribution in [0.1, 0.15) is 20.3 Å². The van der Waals surface area contributed by atoms with E-state index in [4.69, 9.17) is 0 Å². The van der Waals surface area contributed by atoms with Crippen LogP contribution in [0.4, 0.5) is 0 Å². The lowest BCUT2D eigenvalue weighted by Gasteiger charge is -2.37. The topological polar surface area (TPSA) is 52.7 Å². The molecule has 2 amide bonds. The van der Waals surface area contributed by atoms with Crippen molar-refractivity contribution in [3.8, 4) is 0 Å². The van der Waals surface area contributed by atoms with E-state index in [1.165, 1.54) is 0 Å². The molecule has 0 spiro atoms. The summed E-state index contributed by atoms with van der Waals surface area (Å²) in [6, 6.07) is -0.0292. The molecule has 7 heteroatoms. The summed E-state index contributed by atoms with van der Waals surface area (Å²) in [5.41, 5.74) is 0. The summed E-state index contributed by atoms with van der Waals surface area (Å²) in [6.45, 7) is 6.33. The van der Waals surface area contributed by atoms with Crippen molar-refractivity contribution in [1.29, 1.82) is 0 Å². The first kappa shape index (κ1) is 16.6. The maximum absolute atomic E-state index is 12.5. The molecular weight excluding hydrogens is 286 g/mol. The first-order valence-corrected chi connectivity index (χ1v) is 7.69. The number of amides is 2. The maximum atomic E-state index is 12.5. The number of hydrogen-bond donors (Lipinski definition) is 1. The number of piperazine rings is 1. The Kier molecular flexibility index (Phi) is 6.42. The quantitative estimate of drug-likeness (QED) is 0.809. The van der Waals surface area contributed by atoms with Gasteiger partial charge in [-0.15, -0.1) is 24.2 Å². The van der Waals surface area contributed by atoms with Gasteiger partial charge in [-0.3, -0.25) is 9.59 Å². The molecule has 110 valence electrons. The van der Waals surface area contributed by atoms with Gasteiger partial charge in [0.1, 0.15) is 6.04 Å². The molecule has 0 aromatic carbocycles. The first-order chi connectivity index (χ1) is 8.65. The number of thioether (sulfide) groups is 1. The Bertz CT molecular complexity index is 343. The monoisotopic (exact) mass is 307 g/mol. The average Bonchev–Trinajstić information content (AvgIpc) is 2.86. The fourth-order valence-electron chi connectivity index (χ4n) is 2.46. The zero-order chi connectivity index (χ0) is 13.1. The maximum Gasteiger partial charge on any atom is 0.246 e. The van der Waals surface area contributed by atoms with Gasteiger partial charge in [0, 0.05) is 37.8 Å². The minimum absolute atomic E-state index is 0. The van der Waals surface area contributed by atoms with Gasteiger partial charge >= 0.3 is 0 Å². The minimum atomic E-state index is -0.247. The molecular formula is C12H22ClN3O2S. The van der Waals surface area contributed by atoms with E-state index in [0.717, 1.165) is 25.4 Å². The van der Waals surface area contributed by atoms with Crippen molar-refractivity contribution in [3.05, 3.63) is 0 Å². The van der Waals surface area contributed by atoms with E-state index in [1.807, 2.05) is 11.8 Å². The largest absolute Gasteiger partial charge is 0.336 e. The summed E-state index contributed by atoms with van der Waals surface area (Å²) < 4.78 is 0. The van der Waals surface area contributed by atoms with Crippen LogP contribution in [0.2, 0.25) is 0 Å². The fourth-order valence-corrected chi connectivity index (χ4v) is 3.63. The zero-order valence-corrected chi connectivity index (χ0v) is 13.1. The van der Waals surface area contributed by atoms with E-state index in [0.29, 0.717) is 12.3 Å². The van der Waals surface area contributed by atoms with E-state index >= 15 is 0 Å². The standard InChI is InChI=1S/C12H21N3O2S.ClH/c1-3-11(16)15-8-18-7-10(15)12(17)14-5-4-13-6-9(14)2;/h9-10,13H,3-8H2,1-2H3;1H. The number of carbonyl (C=O) groups excluding carboxylic acids is 2. The van der Waals surface area contributed by atoms with Crippen molar-refractivity contribution in [3.63, 3.8) is 0 Å². The number of nitrogens with zero attached hydrogens (tertiary/aromatic N) is 2. The predicted octanol–water partition coefficient (Wildman–Crippen LogP) is 0.540. The number of halogens is 1. The SMILES string of the molecule is CCC(=O)N1CSCC1C(=O)N1CCNCC1C.Cl. The van der Waals surface area contributed by atoms with Crippen molar-refractivity contribution < 1.29 is 9.59 Å². The molecule has 0 bridgehead atoms. The molecule has 19 heavy (non-hydrogen) atoms. The number of nitrogens with one attached hydrogen (secondary N) is 1. The lowest BCUT2D eigenvalue weighted by Crippen LogP contribution is -2.57. The van der Waals surface area contributed by atoms with Gasteiger partial charge in [0.25, 0.3) is 0 Å². The molecule has 2 heterocycles. The summed E-state index contributed by atoms with van der Waals surface area (Å²) in [6.07, 6.45) is 0.474. The molecule has 1 N–H and O–H groups in total.